The molecule has 1 aliphatic rings. The number of carbonyl (C=O) groups is 2. The van der Waals surface area contributed by atoms with Gasteiger partial charge in [-0.2, -0.15) is 0 Å². The van der Waals surface area contributed by atoms with Crippen LogP contribution in [-0.2, 0) is 11.3 Å². The molecule has 3 aromatic rings. The van der Waals surface area contributed by atoms with Crippen molar-refractivity contribution in [2.45, 2.75) is 23.7 Å². The Morgan fingerprint density at radius 1 is 0.912 bits per heavy atom. The molecule has 9 heteroatoms. The van der Waals surface area contributed by atoms with Gasteiger partial charge in [-0.3, -0.25) is 9.59 Å². The molecule has 0 spiro atoms. The topological polar surface area (TPSA) is 58.2 Å². The molecule has 34 heavy (non-hydrogen) atoms. The van der Waals surface area contributed by atoms with Crippen LogP contribution in [0.25, 0.3) is 0 Å². The molecule has 0 bridgehead atoms. The van der Waals surface area contributed by atoms with Crippen molar-refractivity contribution in [2.24, 2.45) is 5.92 Å². The summed E-state index contributed by atoms with van der Waals surface area (Å²) < 4.78 is -1.31. The van der Waals surface area contributed by atoms with Crippen LogP contribution in [0.4, 0.5) is 5.69 Å². The zero-order valence-corrected chi connectivity index (χ0v) is 21.6. The van der Waals surface area contributed by atoms with Gasteiger partial charge in [0.15, 0.2) is 0 Å². The van der Waals surface area contributed by atoms with Gasteiger partial charge in [-0.25, -0.2) is 0 Å². The van der Waals surface area contributed by atoms with Crippen molar-refractivity contribution in [1.29, 1.82) is 0 Å². The first-order valence-corrected chi connectivity index (χ1v) is 12.2. The van der Waals surface area contributed by atoms with Crippen molar-refractivity contribution in [1.82, 2.24) is 5.32 Å². The SMILES string of the molecule is Cc1ccc(CNC(=O)c2cc(NC(=O)C3C(c4cc(Cl)cc(Cl)c4)C3(Cl)Cl)ccc2Cl)cc1. The van der Waals surface area contributed by atoms with Crippen LogP contribution >= 0.6 is 58.0 Å². The first-order chi connectivity index (χ1) is 16.1. The van der Waals surface area contributed by atoms with Crippen molar-refractivity contribution in [3.05, 3.63) is 98.0 Å². The van der Waals surface area contributed by atoms with Crippen LogP contribution in [0, 0.1) is 12.8 Å². The molecule has 2 atom stereocenters. The fourth-order valence-corrected chi connectivity index (χ4v) is 5.38. The molecular weight excluding hydrogens is 538 g/mol. The van der Waals surface area contributed by atoms with Crippen LogP contribution in [-0.4, -0.2) is 16.1 Å². The molecule has 2 unspecified atom stereocenters. The quantitative estimate of drug-likeness (QED) is 0.311. The molecule has 1 aliphatic carbocycles. The maximum Gasteiger partial charge on any atom is 0.253 e. The summed E-state index contributed by atoms with van der Waals surface area (Å²) in [5.74, 6) is -1.94. The largest absolute Gasteiger partial charge is 0.348 e. The second-order valence-corrected chi connectivity index (χ2v) is 10.9. The molecule has 0 radical (unpaired) electrons. The third-order valence-electron chi connectivity index (χ3n) is 5.63. The van der Waals surface area contributed by atoms with Crippen LogP contribution in [0.1, 0.15) is 33.0 Å². The van der Waals surface area contributed by atoms with Crippen molar-refractivity contribution in [2.75, 3.05) is 5.32 Å². The minimum absolute atomic E-state index is 0.239. The highest BCUT2D eigenvalue weighted by Gasteiger charge is 2.67. The second kappa shape index (κ2) is 9.96. The summed E-state index contributed by atoms with van der Waals surface area (Å²) in [6.07, 6.45) is 0. The Morgan fingerprint density at radius 3 is 2.21 bits per heavy atom. The average molecular weight is 557 g/mol. The normalized spacial score (nSPS) is 18.3. The Morgan fingerprint density at radius 2 is 1.56 bits per heavy atom. The Labute approximate surface area is 222 Å². The Kier molecular flexibility index (Phi) is 7.37. The third kappa shape index (κ3) is 5.48. The molecule has 3 aromatic carbocycles. The van der Waals surface area contributed by atoms with E-state index in [1.807, 2.05) is 31.2 Å². The molecule has 4 nitrogen and oxygen atoms in total. The summed E-state index contributed by atoms with van der Waals surface area (Å²) in [6.45, 7) is 2.34. The van der Waals surface area contributed by atoms with E-state index < -0.39 is 16.2 Å². The number of rotatable bonds is 6. The van der Waals surface area contributed by atoms with Gasteiger partial charge in [0.2, 0.25) is 5.91 Å². The van der Waals surface area contributed by atoms with E-state index in [1.165, 1.54) is 6.07 Å². The fourth-order valence-electron chi connectivity index (χ4n) is 3.80. The lowest BCUT2D eigenvalue weighted by atomic mass is 10.1. The molecule has 2 amide bonds. The Hall–Kier alpha value is -1.95. The molecule has 1 fully saturated rings. The smallest absolute Gasteiger partial charge is 0.253 e. The van der Waals surface area contributed by atoms with Crippen LogP contribution in [0.2, 0.25) is 15.1 Å². The lowest BCUT2D eigenvalue weighted by Gasteiger charge is -2.10. The summed E-state index contributed by atoms with van der Waals surface area (Å²) in [6, 6.07) is 17.5. The van der Waals surface area contributed by atoms with Crippen LogP contribution in [0.3, 0.4) is 0 Å². The molecule has 0 aromatic heterocycles. The Balaban J connectivity index is 1.45. The molecule has 0 saturated heterocycles. The first kappa shape index (κ1) is 25.2. The van der Waals surface area contributed by atoms with Crippen molar-refractivity contribution in [3.63, 3.8) is 0 Å². The van der Waals surface area contributed by atoms with E-state index >= 15 is 0 Å². The maximum absolute atomic E-state index is 13.0. The van der Waals surface area contributed by atoms with Gasteiger partial charge >= 0.3 is 0 Å². The van der Waals surface area contributed by atoms with E-state index in [-0.39, 0.29) is 22.4 Å². The third-order valence-corrected chi connectivity index (χ3v) is 7.34. The summed E-state index contributed by atoms with van der Waals surface area (Å²) in [5.41, 5.74) is 3.41. The number of anilines is 1. The number of carbonyl (C=O) groups excluding carboxylic acids is 2. The average Bonchev–Trinajstić information content (AvgIpc) is 3.36. The first-order valence-electron chi connectivity index (χ1n) is 10.3. The van der Waals surface area contributed by atoms with Crippen molar-refractivity contribution < 1.29 is 9.59 Å². The number of halogens is 5. The minimum Gasteiger partial charge on any atom is -0.348 e. The fraction of sp³-hybridized carbons (Fsp3) is 0.200. The zero-order valence-electron chi connectivity index (χ0n) is 17.8. The maximum atomic E-state index is 13.0. The summed E-state index contributed by atoms with van der Waals surface area (Å²) in [7, 11) is 0. The van der Waals surface area contributed by atoms with Crippen LogP contribution in [0.15, 0.2) is 60.7 Å². The van der Waals surface area contributed by atoms with E-state index in [2.05, 4.69) is 10.6 Å². The van der Waals surface area contributed by atoms with Crippen LogP contribution < -0.4 is 10.6 Å². The predicted octanol–water partition coefficient (Wildman–Crippen LogP) is 7.41. The number of aryl methyl sites for hydroxylation is 1. The van der Waals surface area contributed by atoms with Gasteiger partial charge in [-0.05, 0) is 54.4 Å². The van der Waals surface area contributed by atoms with Gasteiger partial charge in [0.25, 0.3) is 5.91 Å². The minimum atomic E-state index is -1.31. The summed E-state index contributed by atoms with van der Waals surface area (Å²) >= 11 is 31.3. The second-order valence-electron chi connectivity index (χ2n) is 8.18. The van der Waals surface area contributed by atoms with E-state index in [0.29, 0.717) is 27.8 Å². The molecular formula is C25H19Cl5N2O2. The molecule has 2 N–H and O–H groups in total. The lowest BCUT2D eigenvalue weighted by Crippen LogP contribution is -2.23. The monoisotopic (exact) mass is 554 g/mol. The molecule has 1 saturated carbocycles. The van der Waals surface area contributed by atoms with Crippen molar-refractivity contribution >= 4 is 75.5 Å². The number of benzene rings is 3. The number of hydrogen-bond donors (Lipinski definition) is 2. The van der Waals surface area contributed by atoms with E-state index in [4.69, 9.17) is 58.0 Å². The van der Waals surface area contributed by atoms with Gasteiger partial charge in [0, 0.05) is 28.2 Å². The van der Waals surface area contributed by atoms with Gasteiger partial charge in [-0.1, -0.05) is 64.6 Å². The highest BCUT2D eigenvalue weighted by molar-refractivity contribution is 6.53. The number of amides is 2. The van der Waals surface area contributed by atoms with Gasteiger partial charge in [0.05, 0.1) is 16.5 Å². The Bertz CT molecular complexity index is 1240. The molecule has 0 aliphatic heterocycles. The number of alkyl halides is 2. The molecule has 176 valence electrons. The summed E-state index contributed by atoms with van der Waals surface area (Å²) in [4.78, 5) is 25.7. The van der Waals surface area contributed by atoms with Gasteiger partial charge in [-0.15, -0.1) is 23.2 Å². The molecule has 4 rings (SSSR count). The molecule has 0 heterocycles. The predicted molar refractivity (Wildman–Crippen MR) is 140 cm³/mol. The van der Waals surface area contributed by atoms with E-state index in [1.54, 1.807) is 30.3 Å². The number of nitrogens with one attached hydrogen (secondary N) is 2. The summed E-state index contributed by atoms with van der Waals surface area (Å²) in [5, 5.41) is 6.74. The van der Waals surface area contributed by atoms with E-state index in [9.17, 15) is 9.59 Å². The zero-order chi connectivity index (χ0) is 24.6. The standard InChI is InChI=1S/C25H19Cl5N2O2/c1-13-2-4-14(5-3-13)12-31-23(33)19-11-18(6-7-20(19)28)32-24(34)22-21(25(22,29)30)15-8-16(26)10-17(27)9-15/h2-11,21-22H,12H2,1H3,(H,31,33)(H,32,34). The number of hydrogen-bond acceptors (Lipinski definition) is 2. The highest BCUT2D eigenvalue weighted by Crippen LogP contribution is 2.65. The van der Waals surface area contributed by atoms with Gasteiger partial charge < -0.3 is 10.6 Å². The van der Waals surface area contributed by atoms with E-state index in [0.717, 1.165) is 11.1 Å². The van der Waals surface area contributed by atoms with Gasteiger partial charge in [0.1, 0.15) is 4.33 Å². The van der Waals surface area contributed by atoms with Crippen molar-refractivity contribution in [3.8, 4) is 0 Å². The lowest BCUT2D eigenvalue weighted by molar-refractivity contribution is -0.117. The highest BCUT2D eigenvalue weighted by atomic mass is 35.5. The van der Waals surface area contributed by atoms with Crippen LogP contribution in [0.5, 0.6) is 0 Å².